The smallest absolute Gasteiger partial charge is 0.341 e. The summed E-state index contributed by atoms with van der Waals surface area (Å²) < 4.78 is 14.8. The van der Waals surface area contributed by atoms with Gasteiger partial charge in [0.2, 0.25) is 0 Å². The lowest BCUT2D eigenvalue weighted by Gasteiger charge is -2.04. The lowest BCUT2D eigenvalue weighted by Crippen LogP contribution is -2.09. The maximum atomic E-state index is 11.6. The van der Waals surface area contributed by atoms with E-state index in [0.717, 1.165) is 0 Å². The molecule has 0 atom stereocenters. The Labute approximate surface area is 104 Å². The summed E-state index contributed by atoms with van der Waals surface area (Å²) >= 11 is 5.66. The number of ether oxygens (including phenoxy) is 2. The van der Waals surface area contributed by atoms with E-state index < -0.39 is 11.9 Å². The molecule has 0 aliphatic heterocycles. The highest BCUT2D eigenvalue weighted by atomic mass is 35.5. The second-order valence-corrected chi connectivity index (χ2v) is 3.45. The molecule has 0 aliphatic carbocycles. The molecular formula is C11H13ClO5. The fraction of sp³-hybridized carbons (Fsp3) is 0.455. The highest BCUT2D eigenvalue weighted by Gasteiger charge is 2.20. The summed E-state index contributed by atoms with van der Waals surface area (Å²) in [4.78, 5) is 22.3. The predicted octanol–water partition coefficient (Wildman–Crippen LogP) is 2.26. The Morgan fingerprint density at radius 3 is 2.65 bits per heavy atom. The van der Waals surface area contributed by atoms with Crippen molar-refractivity contribution in [3.63, 3.8) is 0 Å². The Balaban J connectivity index is 2.92. The molecule has 0 aromatic carbocycles. The predicted molar refractivity (Wildman–Crippen MR) is 59.7 cm³/mol. The topological polar surface area (TPSA) is 65.7 Å². The van der Waals surface area contributed by atoms with Crippen molar-refractivity contribution in [1.82, 2.24) is 0 Å². The number of carbonyl (C=O) groups excluding carboxylic acids is 2. The van der Waals surface area contributed by atoms with Crippen molar-refractivity contribution in [2.24, 2.45) is 0 Å². The first kappa shape index (κ1) is 13.6. The summed E-state index contributed by atoms with van der Waals surface area (Å²) in [7, 11) is 0. The molecule has 0 saturated heterocycles. The molecule has 0 amide bonds. The maximum absolute atomic E-state index is 11.6. The quantitative estimate of drug-likeness (QED) is 0.600. The summed E-state index contributed by atoms with van der Waals surface area (Å²) in [5.74, 6) is -0.469. The third-order valence-electron chi connectivity index (χ3n) is 2.02. The van der Waals surface area contributed by atoms with Crippen LogP contribution in [0, 0.1) is 0 Å². The number of halogens is 1. The van der Waals surface area contributed by atoms with Gasteiger partial charge in [-0.05, 0) is 6.92 Å². The van der Waals surface area contributed by atoms with Crippen LogP contribution in [0.3, 0.4) is 0 Å². The van der Waals surface area contributed by atoms with Crippen LogP contribution in [-0.2, 0) is 26.8 Å². The van der Waals surface area contributed by atoms with Gasteiger partial charge < -0.3 is 13.9 Å². The van der Waals surface area contributed by atoms with E-state index in [4.69, 9.17) is 25.5 Å². The third-order valence-corrected chi connectivity index (χ3v) is 2.26. The zero-order valence-electron chi connectivity index (χ0n) is 9.62. The van der Waals surface area contributed by atoms with E-state index in [9.17, 15) is 9.59 Å². The summed E-state index contributed by atoms with van der Waals surface area (Å²) in [6, 6.07) is 0. The van der Waals surface area contributed by atoms with E-state index in [-0.39, 0.29) is 24.7 Å². The van der Waals surface area contributed by atoms with E-state index in [1.807, 2.05) is 0 Å². The number of esters is 2. The molecule has 6 heteroatoms. The number of rotatable bonds is 5. The summed E-state index contributed by atoms with van der Waals surface area (Å²) in [5, 5.41) is 0. The van der Waals surface area contributed by atoms with Gasteiger partial charge in [0, 0.05) is 12.5 Å². The van der Waals surface area contributed by atoms with Crippen LogP contribution in [0.5, 0.6) is 0 Å². The molecule has 0 radical (unpaired) electrons. The minimum atomic E-state index is -0.519. The molecule has 1 aromatic rings. The van der Waals surface area contributed by atoms with Crippen LogP contribution in [0.1, 0.15) is 35.5 Å². The van der Waals surface area contributed by atoms with Gasteiger partial charge in [-0.15, -0.1) is 11.6 Å². The minimum Gasteiger partial charge on any atom is -0.467 e. The highest BCUT2D eigenvalue weighted by Crippen LogP contribution is 2.21. The van der Waals surface area contributed by atoms with Crippen LogP contribution in [0.2, 0.25) is 0 Å². The Morgan fingerprint density at radius 2 is 2.12 bits per heavy atom. The van der Waals surface area contributed by atoms with Crippen LogP contribution in [0.4, 0.5) is 0 Å². The second kappa shape index (κ2) is 6.30. The van der Waals surface area contributed by atoms with Gasteiger partial charge >= 0.3 is 11.9 Å². The van der Waals surface area contributed by atoms with E-state index in [1.165, 1.54) is 13.2 Å². The molecule has 0 bridgehead atoms. The van der Waals surface area contributed by atoms with Crippen LogP contribution in [0.15, 0.2) is 10.7 Å². The van der Waals surface area contributed by atoms with Crippen molar-refractivity contribution < 1.29 is 23.5 Å². The molecule has 17 heavy (non-hydrogen) atoms. The summed E-state index contributed by atoms with van der Waals surface area (Å²) in [6.07, 6.45) is 1.26. The molecule has 0 unspecified atom stereocenters. The van der Waals surface area contributed by atoms with Crippen molar-refractivity contribution in [3.8, 4) is 0 Å². The van der Waals surface area contributed by atoms with Crippen LogP contribution in [0.25, 0.3) is 0 Å². The Morgan fingerprint density at radius 1 is 1.41 bits per heavy atom. The fourth-order valence-electron chi connectivity index (χ4n) is 1.25. The first-order valence-electron chi connectivity index (χ1n) is 5.05. The summed E-state index contributed by atoms with van der Waals surface area (Å²) in [6.45, 7) is 3.19. The number of hydrogen-bond donors (Lipinski definition) is 0. The normalized spacial score (nSPS) is 10.1. The number of alkyl halides is 1. The molecule has 0 spiro atoms. The van der Waals surface area contributed by atoms with Crippen molar-refractivity contribution in [2.45, 2.75) is 26.3 Å². The first-order chi connectivity index (χ1) is 8.10. The molecule has 1 heterocycles. The molecule has 0 fully saturated rings. The van der Waals surface area contributed by atoms with Crippen LogP contribution in [-0.4, -0.2) is 18.5 Å². The molecule has 0 aliphatic rings. The lowest BCUT2D eigenvalue weighted by atomic mass is 10.1. The highest BCUT2D eigenvalue weighted by molar-refractivity contribution is 6.17. The van der Waals surface area contributed by atoms with Crippen molar-refractivity contribution >= 4 is 23.5 Å². The van der Waals surface area contributed by atoms with E-state index in [1.54, 1.807) is 6.92 Å². The molecule has 5 nitrogen and oxygen atoms in total. The number of furan rings is 1. The minimum absolute atomic E-state index is 0.0535. The van der Waals surface area contributed by atoms with Crippen LogP contribution < -0.4 is 0 Å². The van der Waals surface area contributed by atoms with Gasteiger partial charge in [0.1, 0.15) is 24.2 Å². The van der Waals surface area contributed by atoms with Crippen molar-refractivity contribution in [2.75, 3.05) is 6.61 Å². The zero-order valence-corrected chi connectivity index (χ0v) is 10.4. The van der Waals surface area contributed by atoms with Crippen molar-refractivity contribution in [3.05, 3.63) is 23.2 Å². The third kappa shape index (κ3) is 3.49. The van der Waals surface area contributed by atoms with E-state index in [2.05, 4.69) is 0 Å². The van der Waals surface area contributed by atoms with Gasteiger partial charge in [-0.1, -0.05) is 0 Å². The Bertz CT molecular complexity index is 410. The molecule has 1 aromatic heterocycles. The second-order valence-electron chi connectivity index (χ2n) is 3.19. The monoisotopic (exact) mass is 260 g/mol. The maximum Gasteiger partial charge on any atom is 0.341 e. The molecular weight excluding hydrogens is 248 g/mol. The standard InChI is InChI=1S/C11H13ClO5/c1-3-15-11(14)9-6-17-10(4-12)8(9)5-16-7(2)13/h6H,3-5H2,1-2H3. The molecule has 1 rings (SSSR count). The average Bonchev–Trinajstić information content (AvgIpc) is 2.69. The number of carbonyl (C=O) groups is 2. The van der Waals surface area contributed by atoms with Gasteiger partial charge in [0.05, 0.1) is 12.5 Å². The van der Waals surface area contributed by atoms with Gasteiger partial charge in [-0.2, -0.15) is 0 Å². The fourth-order valence-corrected chi connectivity index (χ4v) is 1.47. The largest absolute Gasteiger partial charge is 0.467 e. The zero-order chi connectivity index (χ0) is 12.8. The Hall–Kier alpha value is -1.49. The van der Waals surface area contributed by atoms with E-state index >= 15 is 0 Å². The number of hydrogen-bond acceptors (Lipinski definition) is 5. The summed E-state index contributed by atoms with van der Waals surface area (Å²) in [5.41, 5.74) is 0.692. The average molecular weight is 261 g/mol. The van der Waals surface area contributed by atoms with Crippen molar-refractivity contribution in [1.29, 1.82) is 0 Å². The lowest BCUT2D eigenvalue weighted by molar-refractivity contribution is -0.142. The first-order valence-corrected chi connectivity index (χ1v) is 5.59. The molecule has 0 saturated carbocycles. The molecule has 94 valence electrons. The van der Waals surface area contributed by atoms with Gasteiger partial charge in [-0.25, -0.2) is 4.79 Å². The van der Waals surface area contributed by atoms with E-state index in [0.29, 0.717) is 11.3 Å². The molecule has 0 N–H and O–H groups in total. The SMILES string of the molecule is CCOC(=O)c1coc(CCl)c1COC(C)=O. The van der Waals surface area contributed by atoms with Gasteiger partial charge in [0.25, 0.3) is 0 Å². The van der Waals surface area contributed by atoms with Gasteiger partial charge in [-0.3, -0.25) is 4.79 Å². The van der Waals surface area contributed by atoms with Crippen LogP contribution >= 0.6 is 11.6 Å². The van der Waals surface area contributed by atoms with Gasteiger partial charge in [0.15, 0.2) is 0 Å². The Kier molecular flexibility index (Phi) is 5.03.